The quantitative estimate of drug-likeness (QED) is 0.555. The lowest BCUT2D eigenvalue weighted by Gasteiger charge is -2.12. The van der Waals surface area contributed by atoms with E-state index in [0.717, 1.165) is 16.9 Å². The van der Waals surface area contributed by atoms with Gasteiger partial charge in [0, 0.05) is 11.8 Å². The van der Waals surface area contributed by atoms with Crippen LogP contribution in [0.25, 0.3) is 0 Å². The molecule has 0 bridgehead atoms. The molecular weight excluding hydrogens is 300 g/mol. The van der Waals surface area contributed by atoms with Gasteiger partial charge in [-0.15, -0.1) is 0 Å². The van der Waals surface area contributed by atoms with Crippen molar-refractivity contribution in [2.75, 3.05) is 5.32 Å². The molecule has 0 aliphatic heterocycles. The molecule has 0 saturated carbocycles. The molecule has 5 nitrogen and oxygen atoms in total. The highest BCUT2D eigenvalue weighted by atomic mass is 16.5. The highest BCUT2D eigenvalue weighted by Gasteiger charge is 2.02. The number of aliphatic imine (C=N–C) groups is 1. The Balaban J connectivity index is 1.69. The summed E-state index contributed by atoms with van der Waals surface area (Å²) in [5, 5.41) is 10.5. The number of nitrogens with zero attached hydrogens (tertiary/aromatic N) is 2. The Bertz CT molecular complexity index is 765. The number of hydrogen-bond donors (Lipinski definition) is 2. The summed E-state index contributed by atoms with van der Waals surface area (Å²) in [5.74, 6) is 0.699. The van der Waals surface area contributed by atoms with Gasteiger partial charge in [0.25, 0.3) is 0 Å². The van der Waals surface area contributed by atoms with Crippen molar-refractivity contribution in [2.45, 2.75) is 20.0 Å². The maximum atomic E-state index is 4.86. The third-order valence-electron chi connectivity index (χ3n) is 3.51. The third kappa shape index (κ3) is 4.71. The maximum absolute atomic E-state index is 4.86. The fourth-order valence-corrected chi connectivity index (χ4v) is 2.16. The van der Waals surface area contributed by atoms with Gasteiger partial charge in [0.15, 0.2) is 5.96 Å². The fourth-order valence-electron chi connectivity index (χ4n) is 2.16. The summed E-state index contributed by atoms with van der Waals surface area (Å²) in [7, 11) is 0. The van der Waals surface area contributed by atoms with Gasteiger partial charge in [0.2, 0.25) is 0 Å². The Morgan fingerprint density at radius 2 is 1.83 bits per heavy atom. The Kier molecular flexibility index (Phi) is 5.24. The van der Waals surface area contributed by atoms with Crippen LogP contribution in [0, 0.1) is 6.92 Å². The van der Waals surface area contributed by atoms with Crippen LogP contribution in [0.4, 0.5) is 5.69 Å². The molecule has 0 aliphatic rings. The summed E-state index contributed by atoms with van der Waals surface area (Å²) >= 11 is 0. The number of benzene rings is 2. The number of aromatic nitrogens is 1. The van der Waals surface area contributed by atoms with E-state index in [4.69, 9.17) is 4.52 Å². The van der Waals surface area contributed by atoms with E-state index in [9.17, 15) is 0 Å². The van der Waals surface area contributed by atoms with Crippen LogP contribution in [-0.2, 0) is 13.1 Å². The smallest absolute Gasteiger partial charge is 0.196 e. The number of nitrogens with one attached hydrogen (secondary N) is 2. The predicted molar refractivity (Wildman–Crippen MR) is 95.7 cm³/mol. The highest BCUT2D eigenvalue weighted by Crippen LogP contribution is 2.07. The van der Waals surface area contributed by atoms with Gasteiger partial charge in [0.05, 0.1) is 13.1 Å². The molecular formula is C19H20N4O. The second-order valence-corrected chi connectivity index (χ2v) is 5.49. The molecule has 3 rings (SSSR count). The van der Waals surface area contributed by atoms with Crippen molar-refractivity contribution in [1.82, 2.24) is 10.5 Å². The molecule has 1 aromatic heterocycles. The molecule has 0 fully saturated rings. The van der Waals surface area contributed by atoms with Crippen molar-refractivity contribution >= 4 is 11.6 Å². The highest BCUT2D eigenvalue weighted by molar-refractivity contribution is 5.93. The van der Waals surface area contributed by atoms with E-state index in [2.05, 4.69) is 52.0 Å². The van der Waals surface area contributed by atoms with Crippen LogP contribution in [0.15, 0.2) is 76.4 Å². The number of anilines is 1. The molecule has 1 heterocycles. The molecule has 2 N–H and O–H groups in total. The van der Waals surface area contributed by atoms with Gasteiger partial charge in [-0.1, -0.05) is 53.2 Å². The lowest BCUT2D eigenvalue weighted by Crippen LogP contribution is -2.30. The molecule has 0 unspecified atom stereocenters. The van der Waals surface area contributed by atoms with E-state index in [1.807, 2.05) is 36.4 Å². The molecule has 0 spiro atoms. The number of rotatable bonds is 5. The zero-order valence-electron chi connectivity index (χ0n) is 13.6. The molecule has 0 radical (unpaired) electrons. The SMILES string of the molecule is Cc1ccc(CN=C(NCc2ccon2)Nc2ccccc2)cc1. The van der Waals surface area contributed by atoms with Crippen molar-refractivity contribution in [1.29, 1.82) is 0 Å². The number of hydrogen-bond acceptors (Lipinski definition) is 3. The average molecular weight is 320 g/mol. The topological polar surface area (TPSA) is 62.5 Å². The van der Waals surface area contributed by atoms with Crippen LogP contribution in [0.5, 0.6) is 0 Å². The normalized spacial score (nSPS) is 11.3. The molecule has 0 aliphatic carbocycles. The van der Waals surface area contributed by atoms with Crippen molar-refractivity contribution in [3.05, 3.63) is 83.7 Å². The summed E-state index contributed by atoms with van der Waals surface area (Å²) in [6.45, 7) is 3.22. The van der Waals surface area contributed by atoms with Crippen LogP contribution < -0.4 is 10.6 Å². The molecule has 122 valence electrons. The van der Waals surface area contributed by atoms with Crippen LogP contribution in [0.1, 0.15) is 16.8 Å². The minimum atomic E-state index is 0.545. The number of aryl methyl sites for hydroxylation is 1. The van der Waals surface area contributed by atoms with E-state index in [0.29, 0.717) is 19.0 Å². The monoisotopic (exact) mass is 320 g/mol. The molecule has 0 amide bonds. The lowest BCUT2D eigenvalue weighted by atomic mass is 10.1. The van der Waals surface area contributed by atoms with Gasteiger partial charge in [0.1, 0.15) is 12.0 Å². The van der Waals surface area contributed by atoms with Crippen LogP contribution in [0.2, 0.25) is 0 Å². The van der Waals surface area contributed by atoms with Gasteiger partial charge >= 0.3 is 0 Å². The summed E-state index contributed by atoms with van der Waals surface area (Å²) in [4.78, 5) is 4.65. The minimum Gasteiger partial charge on any atom is -0.364 e. The van der Waals surface area contributed by atoms with E-state index in [1.165, 1.54) is 5.56 Å². The van der Waals surface area contributed by atoms with E-state index >= 15 is 0 Å². The van der Waals surface area contributed by atoms with Gasteiger partial charge in [-0.25, -0.2) is 4.99 Å². The first-order valence-electron chi connectivity index (χ1n) is 7.85. The molecule has 3 aromatic rings. The van der Waals surface area contributed by atoms with E-state index in [-0.39, 0.29) is 0 Å². The average Bonchev–Trinajstić information content (AvgIpc) is 3.13. The van der Waals surface area contributed by atoms with Crippen LogP contribution in [0.3, 0.4) is 0 Å². The summed E-state index contributed by atoms with van der Waals surface area (Å²) in [5.41, 5.74) is 4.21. The van der Waals surface area contributed by atoms with Crippen LogP contribution in [-0.4, -0.2) is 11.1 Å². The van der Waals surface area contributed by atoms with Crippen molar-refractivity contribution in [2.24, 2.45) is 4.99 Å². The second kappa shape index (κ2) is 7.97. The summed E-state index contributed by atoms with van der Waals surface area (Å²) in [6.07, 6.45) is 1.56. The molecule has 5 heteroatoms. The second-order valence-electron chi connectivity index (χ2n) is 5.49. The summed E-state index contributed by atoms with van der Waals surface area (Å²) < 4.78 is 4.86. The summed E-state index contributed by atoms with van der Waals surface area (Å²) in [6, 6.07) is 20.2. The first kappa shape index (κ1) is 15.8. The molecule has 0 saturated heterocycles. The molecule has 0 atom stereocenters. The number of guanidine groups is 1. The molecule has 2 aromatic carbocycles. The van der Waals surface area contributed by atoms with Gasteiger partial charge in [-0.05, 0) is 24.6 Å². The lowest BCUT2D eigenvalue weighted by molar-refractivity contribution is 0.411. The Morgan fingerprint density at radius 3 is 2.54 bits per heavy atom. The fraction of sp³-hybridized carbons (Fsp3) is 0.158. The largest absolute Gasteiger partial charge is 0.364 e. The van der Waals surface area contributed by atoms with Gasteiger partial charge in [-0.3, -0.25) is 0 Å². The Labute approximate surface area is 141 Å². The predicted octanol–water partition coefficient (Wildman–Crippen LogP) is 3.74. The van der Waals surface area contributed by atoms with Crippen molar-refractivity contribution in [3.63, 3.8) is 0 Å². The van der Waals surface area contributed by atoms with Gasteiger partial charge < -0.3 is 15.2 Å². The minimum absolute atomic E-state index is 0.545. The van der Waals surface area contributed by atoms with Gasteiger partial charge in [-0.2, -0.15) is 0 Å². The zero-order valence-corrected chi connectivity index (χ0v) is 13.6. The standard InChI is InChI=1S/C19H20N4O/c1-15-7-9-16(10-8-15)13-20-19(21-14-18-11-12-24-23-18)22-17-5-3-2-4-6-17/h2-12H,13-14H2,1H3,(H2,20,21,22). The maximum Gasteiger partial charge on any atom is 0.196 e. The van der Waals surface area contributed by atoms with Crippen molar-refractivity contribution in [3.8, 4) is 0 Å². The molecule has 24 heavy (non-hydrogen) atoms. The van der Waals surface area contributed by atoms with E-state index < -0.39 is 0 Å². The first-order chi connectivity index (χ1) is 11.8. The third-order valence-corrected chi connectivity index (χ3v) is 3.51. The van der Waals surface area contributed by atoms with E-state index in [1.54, 1.807) is 6.26 Å². The zero-order chi connectivity index (χ0) is 16.6. The first-order valence-corrected chi connectivity index (χ1v) is 7.85. The van der Waals surface area contributed by atoms with Crippen molar-refractivity contribution < 1.29 is 4.52 Å². The Hall–Kier alpha value is -3.08. The number of para-hydroxylation sites is 1. The van der Waals surface area contributed by atoms with Crippen LogP contribution >= 0.6 is 0 Å². The Morgan fingerprint density at radius 1 is 1.04 bits per heavy atom.